The number of aromatic nitrogens is 4. The molecule has 10 heteroatoms. The average Bonchev–Trinajstić information content (AvgIpc) is 3.25. The van der Waals surface area contributed by atoms with Gasteiger partial charge in [-0.25, -0.2) is 9.97 Å². The summed E-state index contributed by atoms with van der Waals surface area (Å²) in [5.74, 6) is 2.47. The van der Waals surface area contributed by atoms with E-state index in [1.54, 1.807) is 0 Å². The van der Waals surface area contributed by atoms with Crippen molar-refractivity contribution in [2.24, 2.45) is 7.05 Å². The number of imidazole rings is 1. The molecule has 2 aliphatic heterocycles. The number of anilines is 3. The predicted octanol–water partition coefficient (Wildman–Crippen LogP) is 4.10. The van der Waals surface area contributed by atoms with E-state index in [4.69, 9.17) is 36.0 Å². The Kier molecular flexibility index (Phi) is 6.93. The third kappa shape index (κ3) is 5.40. The molecule has 4 aromatic rings. The monoisotopic (exact) mass is 519 g/mol. The van der Waals surface area contributed by atoms with E-state index < -0.39 is 0 Å². The lowest BCUT2D eigenvalue weighted by Crippen LogP contribution is -2.37. The molecule has 0 unspecified atom stereocenters. The summed E-state index contributed by atoms with van der Waals surface area (Å²) in [6, 6.07) is 15.9. The highest BCUT2D eigenvalue weighted by Crippen LogP contribution is 2.29. The molecule has 0 aliphatic carbocycles. The maximum absolute atomic E-state index is 6.08. The Morgan fingerprint density at radius 1 is 0.865 bits per heavy atom. The summed E-state index contributed by atoms with van der Waals surface area (Å²) in [5, 5.41) is 4.11. The van der Waals surface area contributed by atoms with Crippen molar-refractivity contribution in [3.63, 3.8) is 0 Å². The maximum atomic E-state index is 6.08. The molecule has 0 bridgehead atoms. The number of nitrogens with one attached hydrogen (secondary N) is 1. The van der Waals surface area contributed by atoms with Gasteiger partial charge >= 0.3 is 0 Å². The summed E-state index contributed by atoms with van der Waals surface area (Å²) in [6.07, 6.45) is 0. The van der Waals surface area contributed by atoms with Crippen LogP contribution in [0, 0.1) is 0 Å². The van der Waals surface area contributed by atoms with Crippen molar-refractivity contribution in [2.45, 2.75) is 6.54 Å². The molecule has 2 aromatic carbocycles. The SMILES string of the molecule is Cn1c(CN2CCOCC2)nc2ccc(-c3cc(Nc4ccc(Cl)cc4)nc(N4CCOCC4)n3)cc21. The third-order valence-corrected chi connectivity index (χ3v) is 7.11. The van der Waals surface area contributed by atoms with Crippen molar-refractivity contribution in [3.8, 4) is 11.3 Å². The Balaban J connectivity index is 1.35. The molecule has 9 nitrogen and oxygen atoms in total. The number of hydrogen-bond donors (Lipinski definition) is 1. The van der Waals surface area contributed by atoms with Gasteiger partial charge in [0.2, 0.25) is 5.95 Å². The minimum atomic E-state index is 0.667. The molecule has 4 heterocycles. The fourth-order valence-electron chi connectivity index (χ4n) is 4.73. The molecular weight excluding hydrogens is 490 g/mol. The van der Waals surface area contributed by atoms with Crippen LogP contribution in [0.2, 0.25) is 5.02 Å². The quantitative estimate of drug-likeness (QED) is 0.408. The van der Waals surface area contributed by atoms with E-state index in [2.05, 4.69) is 44.9 Å². The second kappa shape index (κ2) is 10.6. The van der Waals surface area contributed by atoms with E-state index >= 15 is 0 Å². The lowest BCUT2D eigenvalue weighted by Gasteiger charge is -2.27. The number of halogens is 1. The van der Waals surface area contributed by atoms with Crippen LogP contribution in [0.25, 0.3) is 22.3 Å². The molecule has 2 aromatic heterocycles. The Hall–Kier alpha value is -3.24. The largest absolute Gasteiger partial charge is 0.379 e. The summed E-state index contributed by atoms with van der Waals surface area (Å²) in [4.78, 5) is 19.3. The molecule has 2 fully saturated rings. The van der Waals surface area contributed by atoms with Gasteiger partial charge in [0.25, 0.3) is 0 Å². The first kappa shape index (κ1) is 24.1. The fraction of sp³-hybridized carbons (Fsp3) is 0.370. The van der Waals surface area contributed by atoms with Gasteiger partial charge in [0.1, 0.15) is 11.6 Å². The van der Waals surface area contributed by atoms with Gasteiger partial charge in [0.05, 0.1) is 49.7 Å². The van der Waals surface area contributed by atoms with Gasteiger partial charge in [-0.05, 0) is 36.4 Å². The number of morpholine rings is 2. The zero-order valence-electron chi connectivity index (χ0n) is 20.9. The minimum absolute atomic E-state index is 0.667. The van der Waals surface area contributed by atoms with Crippen molar-refractivity contribution in [2.75, 3.05) is 62.8 Å². The van der Waals surface area contributed by atoms with Gasteiger partial charge in [-0.3, -0.25) is 4.90 Å². The molecule has 0 amide bonds. The lowest BCUT2D eigenvalue weighted by molar-refractivity contribution is 0.0328. The van der Waals surface area contributed by atoms with Gasteiger partial charge in [0.15, 0.2) is 0 Å². The smallest absolute Gasteiger partial charge is 0.228 e. The van der Waals surface area contributed by atoms with Gasteiger partial charge in [-0.2, -0.15) is 4.98 Å². The molecule has 0 spiro atoms. The minimum Gasteiger partial charge on any atom is -0.379 e. The second-order valence-electron chi connectivity index (χ2n) is 9.35. The zero-order chi connectivity index (χ0) is 25.2. The highest BCUT2D eigenvalue weighted by molar-refractivity contribution is 6.30. The average molecular weight is 520 g/mol. The van der Waals surface area contributed by atoms with E-state index in [0.29, 0.717) is 24.2 Å². The van der Waals surface area contributed by atoms with Gasteiger partial charge in [-0.1, -0.05) is 17.7 Å². The van der Waals surface area contributed by atoms with Gasteiger partial charge < -0.3 is 24.3 Å². The topological polar surface area (TPSA) is 80.6 Å². The van der Waals surface area contributed by atoms with Crippen molar-refractivity contribution < 1.29 is 9.47 Å². The van der Waals surface area contributed by atoms with Gasteiger partial charge in [0, 0.05) is 55.6 Å². The molecule has 6 rings (SSSR count). The molecule has 0 radical (unpaired) electrons. The van der Waals surface area contributed by atoms with Crippen LogP contribution in [0.3, 0.4) is 0 Å². The molecule has 37 heavy (non-hydrogen) atoms. The third-order valence-electron chi connectivity index (χ3n) is 6.86. The molecule has 0 atom stereocenters. The van der Waals surface area contributed by atoms with Crippen LogP contribution >= 0.6 is 11.6 Å². The maximum Gasteiger partial charge on any atom is 0.228 e. The molecular formula is C27H30ClN7O2. The number of fused-ring (bicyclic) bond motifs is 1. The molecule has 2 aliphatic rings. The predicted molar refractivity (Wildman–Crippen MR) is 146 cm³/mol. The van der Waals surface area contributed by atoms with Crippen LogP contribution in [-0.4, -0.2) is 77.0 Å². The Morgan fingerprint density at radius 2 is 1.59 bits per heavy atom. The Bertz CT molecular complexity index is 1380. The number of ether oxygens (including phenoxy) is 2. The van der Waals surface area contributed by atoms with Crippen LogP contribution in [0.15, 0.2) is 48.5 Å². The molecule has 192 valence electrons. The van der Waals surface area contributed by atoms with E-state index in [1.165, 1.54) is 0 Å². The number of hydrogen-bond acceptors (Lipinski definition) is 8. The summed E-state index contributed by atoms with van der Waals surface area (Å²) in [7, 11) is 2.08. The van der Waals surface area contributed by atoms with Gasteiger partial charge in [-0.15, -0.1) is 0 Å². The first-order chi connectivity index (χ1) is 18.1. The normalized spacial score (nSPS) is 16.9. The number of aryl methyl sites for hydroxylation is 1. The summed E-state index contributed by atoms with van der Waals surface area (Å²) in [6.45, 7) is 7.09. The van der Waals surface area contributed by atoms with Crippen LogP contribution < -0.4 is 10.2 Å². The van der Waals surface area contributed by atoms with E-state index in [0.717, 1.165) is 85.6 Å². The number of rotatable bonds is 6. The Labute approximate surface area is 221 Å². The van der Waals surface area contributed by atoms with E-state index in [9.17, 15) is 0 Å². The van der Waals surface area contributed by atoms with E-state index in [-0.39, 0.29) is 0 Å². The molecule has 0 saturated carbocycles. The number of nitrogens with zero attached hydrogens (tertiary/aromatic N) is 6. The standard InChI is InChI=1S/C27H30ClN7O2/c1-33-24-16-19(2-7-22(24)30-26(33)18-34-8-12-36-13-9-34)23-17-25(29-21-5-3-20(28)4-6-21)32-27(31-23)35-10-14-37-15-11-35/h2-7,16-17H,8-15,18H2,1H3,(H,29,31,32). The summed E-state index contributed by atoms with van der Waals surface area (Å²) in [5.41, 5.74) is 4.85. The second-order valence-corrected chi connectivity index (χ2v) is 9.79. The van der Waals surface area contributed by atoms with Crippen LogP contribution in [0.5, 0.6) is 0 Å². The summed E-state index contributed by atoms with van der Waals surface area (Å²) < 4.78 is 13.2. The lowest BCUT2D eigenvalue weighted by atomic mass is 10.1. The van der Waals surface area contributed by atoms with Crippen LogP contribution in [0.4, 0.5) is 17.5 Å². The fourth-order valence-corrected chi connectivity index (χ4v) is 4.86. The summed E-state index contributed by atoms with van der Waals surface area (Å²) >= 11 is 6.08. The first-order valence-corrected chi connectivity index (χ1v) is 13.0. The van der Waals surface area contributed by atoms with Crippen molar-refractivity contribution in [1.29, 1.82) is 0 Å². The van der Waals surface area contributed by atoms with Crippen molar-refractivity contribution >= 4 is 40.1 Å². The Morgan fingerprint density at radius 3 is 2.35 bits per heavy atom. The van der Waals surface area contributed by atoms with Crippen LogP contribution in [-0.2, 0) is 23.1 Å². The van der Waals surface area contributed by atoms with E-state index in [1.807, 2.05) is 30.3 Å². The molecule has 1 N–H and O–H groups in total. The molecule has 2 saturated heterocycles. The first-order valence-electron chi connectivity index (χ1n) is 12.6. The number of benzene rings is 2. The zero-order valence-corrected chi connectivity index (χ0v) is 21.6. The van der Waals surface area contributed by atoms with Crippen molar-refractivity contribution in [1.82, 2.24) is 24.4 Å². The van der Waals surface area contributed by atoms with Crippen molar-refractivity contribution in [3.05, 3.63) is 59.4 Å². The van der Waals surface area contributed by atoms with Crippen LogP contribution in [0.1, 0.15) is 5.82 Å². The highest BCUT2D eigenvalue weighted by atomic mass is 35.5. The highest BCUT2D eigenvalue weighted by Gasteiger charge is 2.19.